The fourth-order valence-electron chi connectivity index (χ4n) is 2.66. The van der Waals surface area contributed by atoms with Gasteiger partial charge in [0.05, 0.1) is 5.69 Å². The van der Waals surface area contributed by atoms with E-state index in [1.54, 1.807) is 12.1 Å². The Labute approximate surface area is 105 Å². The number of fused-ring (bicyclic) bond motifs is 1. The number of halogens is 1. The van der Waals surface area contributed by atoms with Gasteiger partial charge in [0.1, 0.15) is 5.82 Å². The molecule has 3 nitrogen and oxygen atoms in total. The highest BCUT2D eigenvalue weighted by molar-refractivity contribution is 5.45. The number of anilines is 1. The van der Waals surface area contributed by atoms with Crippen LogP contribution in [0.3, 0.4) is 0 Å². The third-order valence-corrected chi connectivity index (χ3v) is 3.60. The molecular formula is C14H15FN2O. The Kier molecular flexibility index (Phi) is 2.78. The second kappa shape index (κ2) is 4.44. The van der Waals surface area contributed by atoms with E-state index in [1.807, 2.05) is 13.1 Å². The zero-order valence-electron chi connectivity index (χ0n) is 10.2. The molecule has 1 atom stereocenters. The van der Waals surface area contributed by atoms with Crippen LogP contribution in [-0.4, -0.2) is 12.2 Å². The van der Waals surface area contributed by atoms with Crippen molar-refractivity contribution in [3.05, 3.63) is 46.9 Å². The zero-order chi connectivity index (χ0) is 12.5. The molecule has 1 aliphatic carbocycles. The number of nitrogens with one attached hydrogen (secondary N) is 1. The molecule has 1 unspecified atom stereocenters. The Morgan fingerprint density at radius 2 is 2.33 bits per heavy atom. The Hall–Kier alpha value is -1.84. The van der Waals surface area contributed by atoms with Gasteiger partial charge in [0.2, 0.25) is 5.88 Å². The second-order valence-electron chi connectivity index (χ2n) is 4.68. The lowest BCUT2D eigenvalue weighted by Gasteiger charge is -2.21. The average Bonchev–Trinajstić information content (AvgIpc) is 2.80. The molecule has 4 heteroatoms. The first kappa shape index (κ1) is 11.3. The quantitative estimate of drug-likeness (QED) is 0.884. The van der Waals surface area contributed by atoms with Crippen LogP contribution in [0.5, 0.6) is 0 Å². The highest BCUT2D eigenvalue weighted by Crippen LogP contribution is 2.35. The first-order chi connectivity index (χ1) is 8.78. The maximum Gasteiger partial charge on any atom is 0.227 e. The van der Waals surface area contributed by atoms with E-state index < -0.39 is 0 Å². The molecule has 0 radical (unpaired) electrons. The summed E-state index contributed by atoms with van der Waals surface area (Å²) in [5, 5.41) is 7.10. The number of benzene rings is 1. The molecular weight excluding hydrogens is 231 g/mol. The summed E-state index contributed by atoms with van der Waals surface area (Å²) in [6.07, 6.45) is 2.76. The molecule has 0 saturated carbocycles. The molecule has 18 heavy (non-hydrogen) atoms. The minimum absolute atomic E-state index is 0.172. The summed E-state index contributed by atoms with van der Waals surface area (Å²) >= 11 is 0. The van der Waals surface area contributed by atoms with E-state index in [-0.39, 0.29) is 5.82 Å². The number of hydrogen-bond donors (Lipinski definition) is 1. The smallest absolute Gasteiger partial charge is 0.227 e. The van der Waals surface area contributed by atoms with Gasteiger partial charge in [0, 0.05) is 19.0 Å². The van der Waals surface area contributed by atoms with Gasteiger partial charge in [-0.15, -0.1) is 0 Å². The van der Waals surface area contributed by atoms with Crippen LogP contribution in [0.4, 0.5) is 10.3 Å². The van der Waals surface area contributed by atoms with Gasteiger partial charge in [-0.05, 0) is 36.5 Å². The molecule has 1 heterocycles. The Balaban J connectivity index is 1.87. The fraction of sp³-hybridized carbons (Fsp3) is 0.357. The monoisotopic (exact) mass is 246 g/mol. The summed E-state index contributed by atoms with van der Waals surface area (Å²) in [6.45, 7) is 0. The Morgan fingerprint density at radius 3 is 3.11 bits per heavy atom. The van der Waals surface area contributed by atoms with Crippen molar-refractivity contribution in [2.45, 2.75) is 25.2 Å². The molecule has 94 valence electrons. The highest BCUT2D eigenvalue weighted by Gasteiger charge is 2.26. The van der Waals surface area contributed by atoms with Crippen molar-refractivity contribution >= 4 is 5.88 Å². The fourth-order valence-corrected chi connectivity index (χ4v) is 2.66. The third-order valence-electron chi connectivity index (χ3n) is 3.60. The standard InChI is InChI=1S/C14H15FN2O/c1-16-14-12-6-5-10(8-13(12)17-18-14)9-3-2-4-11(15)7-9/h2-4,7,10,16H,5-6,8H2,1H3. The molecule has 0 bridgehead atoms. The largest absolute Gasteiger partial charge is 0.357 e. The first-order valence-corrected chi connectivity index (χ1v) is 6.18. The highest BCUT2D eigenvalue weighted by atomic mass is 19.1. The predicted molar refractivity (Wildman–Crippen MR) is 67.2 cm³/mol. The van der Waals surface area contributed by atoms with Crippen molar-refractivity contribution in [1.29, 1.82) is 0 Å². The zero-order valence-corrected chi connectivity index (χ0v) is 10.2. The Bertz CT molecular complexity index is 565. The van der Waals surface area contributed by atoms with Crippen LogP contribution in [0.25, 0.3) is 0 Å². The maximum atomic E-state index is 13.2. The predicted octanol–water partition coefficient (Wildman–Crippen LogP) is 3.13. The molecule has 1 aromatic heterocycles. The van der Waals surface area contributed by atoms with Crippen molar-refractivity contribution < 1.29 is 8.91 Å². The van der Waals surface area contributed by atoms with E-state index in [0.717, 1.165) is 36.4 Å². The number of nitrogens with zero attached hydrogens (tertiary/aromatic N) is 1. The van der Waals surface area contributed by atoms with Gasteiger partial charge < -0.3 is 9.84 Å². The summed E-state index contributed by atoms with van der Waals surface area (Å²) in [4.78, 5) is 0. The molecule has 0 fully saturated rings. The molecule has 3 rings (SSSR count). The molecule has 1 N–H and O–H groups in total. The van der Waals surface area contributed by atoms with Crippen molar-refractivity contribution in [3.63, 3.8) is 0 Å². The Morgan fingerprint density at radius 1 is 1.44 bits per heavy atom. The van der Waals surface area contributed by atoms with Gasteiger partial charge >= 0.3 is 0 Å². The van der Waals surface area contributed by atoms with E-state index in [4.69, 9.17) is 4.52 Å². The van der Waals surface area contributed by atoms with Gasteiger partial charge in [0.15, 0.2) is 0 Å². The summed E-state index contributed by atoms with van der Waals surface area (Å²) in [5.74, 6) is 0.931. The van der Waals surface area contributed by atoms with Crippen LogP contribution >= 0.6 is 0 Å². The van der Waals surface area contributed by atoms with Crippen LogP contribution in [-0.2, 0) is 12.8 Å². The lowest BCUT2D eigenvalue weighted by Crippen LogP contribution is -2.13. The maximum absolute atomic E-state index is 13.2. The van der Waals surface area contributed by atoms with Crippen molar-refractivity contribution in [2.24, 2.45) is 0 Å². The lowest BCUT2D eigenvalue weighted by atomic mass is 9.83. The first-order valence-electron chi connectivity index (χ1n) is 6.18. The summed E-state index contributed by atoms with van der Waals surface area (Å²) in [7, 11) is 1.83. The van der Waals surface area contributed by atoms with Gasteiger partial charge in [-0.25, -0.2) is 4.39 Å². The van der Waals surface area contributed by atoms with Gasteiger partial charge in [0.25, 0.3) is 0 Å². The van der Waals surface area contributed by atoms with Crippen LogP contribution in [0.15, 0.2) is 28.8 Å². The molecule has 0 aliphatic heterocycles. The van der Waals surface area contributed by atoms with E-state index in [0.29, 0.717) is 5.92 Å². The van der Waals surface area contributed by atoms with E-state index in [1.165, 1.54) is 11.6 Å². The van der Waals surface area contributed by atoms with E-state index in [9.17, 15) is 4.39 Å². The van der Waals surface area contributed by atoms with Gasteiger partial charge in [-0.2, -0.15) is 0 Å². The molecule has 0 saturated heterocycles. The van der Waals surface area contributed by atoms with Gasteiger partial charge in [-0.3, -0.25) is 0 Å². The minimum Gasteiger partial charge on any atom is -0.357 e. The molecule has 0 amide bonds. The SMILES string of the molecule is CNc1onc2c1CCC(c1cccc(F)c1)C2. The average molecular weight is 246 g/mol. The molecule has 2 aromatic rings. The van der Waals surface area contributed by atoms with Crippen molar-refractivity contribution in [3.8, 4) is 0 Å². The molecule has 0 spiro atoms. The normalized spacial score (nSPS) is 18.4. The van der Waals surface area contributed by atoms with Crippen LogP contribution in [0.2, 0.25) is 0 Å². The summed E-state index contributed by atoms with van der Waals surface area (Å²) in [5.41, 5.74) is 3.22. The minimum atomic E-state index is -0.172. The van der Waals surface area contributed by atoms with Crippen molar-refractivity contribution in [2.75, 3.05) is 12.4 Å². The molecule has 1 aliphatic rings. The summed E-state index contributed by atoms with van der Waals surface area (Å²) in [6, 6.07) is 6.85. The van der Waals surface area contributed by atoms with Crippen molar-refractivity contribution in [1.82, 2.24) is 5.16 Å². The number of aromatic nitrogens is 1. The topological polar surface area (TPSA) is 38.1 Å². The third kappa shape index (κ3) is 1.88. The summed E-state index contributed by atoms with van der Waals surface area (Å²) < 4.78 is 18.5. The van der Waals surface area contributed by atoms with Crippen LogP contribution < -0.4 is 5.32 Å². The second-order valence-corrected chi connectivity index (χ2v) is 4.68. The van der Waals surface area contributed by atoms with Crippen LogP contribution in [0, 0.1) is 5.82 Å². The van der Waals surface area contributed by atoms with Gasteiger partial charge in [-0.1, -0.05) is 17.3 Å². The van der Waals surface area contributed by atoms with Crippen LogP contribution in [0.1, 0.15) is 29.2 Å². The number of rotatable bonds is 2. The van der Waals surface area contributed by atoms with E-state index in [2.05, 4.69) is 10.5 Å². The van der Waals surface area contributed by atoms with E-state index >= 15 is 0 Å². The number of hydrogen-bond acceptors (Lipinski definition) is 3. The molecule has 1 aromatic carbocycles. The lowest BCUT2D eigenvalue weighted by molar-refractivity contribution is 0.422.